The SMILES string of the molecule is COc1ccc2c(c1)C(C)(C)C1(C=Cc3cc([N+](=O)[O-])cc(OC)c3O1)N2C. The Hall–Kier alpha value is -3.22. The van der Waals surface area contributed by atoms with Crippen LogP contribution in [0, 0.1) is 10.1 Å². The fourth-order valence-corrected chi connectivity index (χ4v) is 4.23. The van der Waals surface area contributed by atoms with Gasteiger partial charge in [-0.1, -0.05) is 0 Å². The Morgan fingerprint density at radius 1 is 1.14 bits per heavy atom. The second-order valence-corrected chi connectivity index (χ2v) is 7.52. The summed E-state index contributed by atoms with van der Waals surface area (Å²) < 4.78 is 17.4. The lowest BCUT2D eigenvalue weighted by Crippen LogP contribution is -2.58. The van der Waals surface area contributed by atoms with Gasteiger partial charge in [-0.05, 0) is 49.8 Å². The molecule has 1 atom stereocenters. The number of non-ortho nitro benzene ring substituents is 1. The maximum atomic E-state index is 11.2. The first-order valence-electron chi connectivity index (χ1n) is 8.92. The van der Waals surface area contributed by atoms with Gasteiger partial charge in [-0.3, -0.25) is 10.1 Å². The minimum atomic E-state index is -0.807. The molecule has 1 spiro atoms. The summed E-state index contributed by atoms with van der Waals surface area (Å²) >= 11 is 0. The third-order valence-corrected chi connectivity index (χ3v) is 5.88. The molecule has 2 aliphatic rings. The molecule has 7 heteroatoms. The predicted molar refractivity (Wildman–Crippen MR) is 106 cm³/mol. The minimum Gasteiger partial charge on any atom is -0.497 e. The van der Waals surface area contributed by atoms with Gasteiger partial charge in [0.15, 0.2) is 11.5 Å². The van der Waals surface area contributed by atoms with Crippen molar-refractivity contribution in [3.63, 3.8) is 0 Å². The van der Waals surface area contributed by atoms with Gasteiger partial charge in [0.25, 0.3) is 5.69 Å². The van der Waals surface area contributed by atoms with Crippen LogP contribution in [0.2, 0.25) is 0 Å². The number of nitro benzene ring substituents is 1. The van der Waals surface area contributed by atoms with Gasteiger partial charge in [-0.2, -0.15) is 0 Å². The van der Waals surface area contributed by atoms with Gasteiger partial charge in [-0.25, -0.2) is 0 Å². The molecule has 0 saturated heterocycles. The van der Waals surface area contributed by atoms with Gasteiger partial charge in [0.1, 0.15) is 5.75 Å². The van der Waals surface area contributed by atoms with Crippen molar-refractivity contribution in [2.75, 3.05) is 26.2 Å². The third kappa shape index (κ3) is 2.22. The lowest BCUT2D eigenvalue weighted by Gasteiger charge is -2.45. The molecular weight excluding hydrogens is 360 g/mol. The van der Waals surface area contributed by atoms with E-state index in [1.165, 1.54) is 19.2 Å². The van der Waals surface area contributed by atoms with E-state index in [0.717, 1.165) is 17.0 Å². The minimum absolute atomic E-state index is 0.0353. The second kappa shape index (κ2) is 5.89. The number of likely N-dealkylation sites (N-methyl/N-ethyl adjacent to an activating group) is 1. The van der Waals surface area contributed by atoms with Crippen LogP contribution >= 0.6 is 0 Å². The number of rotatable bonds is 3. The molecule has 2 aromatic carbocycles. The highest BCUT2D eigenvalue weighted by molar-refractivity contribution is 5.75. The fourth-order valence-electron chi connectivity index (χ4n) is 4.23. The average Bonchev–Trinajstić information content (AvgIpc) is 2.85. The smallest absolute Gasteiger partial charge is 0.274 e. The van der Waals surface area contributed by atoms with Crippen LogP contribution in [0.1, 0.15) is 25.0 Å². The first kappa shape index (κ1) is 18.2. The zero-order valence-corrected chi connectivity index (χ0v) is 16.5. The molecule has 7 nitrogen and oxygen atoms in total. The van der Waals surface area contributed by atoms with Crippen LogP contribution in [-0.2, 0) is 5.41 Å². The van der Waals surface area contributed by atoms with E-state index in [1.807, 2.05) is 37.4 Å². The molecule has 0 amide bonds. The molecule has 2 heterocycles. The maximum Gasteiger partial charge on any atom is 0.274 e. The van der Waals surface area contributed by atoms with Crippen molar-refractivity contribution in [3.05, 3.63) is 57.6 Å². The summed E-state index contributed by atoms with van der Waals surface area (Å²) in [6.07, 6.45) is 3.83. The number of ether oxygens (including phenoxy) is 3. The van der Waals surface area contributed by atoms with Gasteiger partial charge in [0.05, 0.1) is 30.6 Å². The summed E-state index contributed by atoms with van der Waals surface area (Å²) in [7, 11) is 5.11. The standard InChI is InChI=1S/C21H22N2O5/c1-20(2)16-12-15(26-4)6-7-17(16)22(3)21(20)9-8-13-10-14(23(24)25)11-18(27-5)19(13)28-21/h6-12H,1-5H3. The van der Waals surface area contributed by atoms with Crippen molar-refractivity contribution >= 4 is 17.5 Å². The number of methoxy groups -OCH3 is 2. The molecule has 4 rings (SSSR count). The Bertz CT molecular complexity index is 1010. The maximum absolute atomic E-state index is 11.2. The highest BCUT2D eigenvalue weighted by atomic mass is 16.6. The number of nitrogens with zero attached hydrogens (tertiary/aromatic N) is 2. The highest BCUT2D eigenvalue weighted by Gasteiger charge is 2.58. The van der Waals surface area contributed by atoms with E-state index in [1.54, 1.807) is 7.11 Å². The second-order valence-electron chi connectivity index (χ2n) is 7.52. The number of anilines is 1. The van der Waals surface area contributed by atoms with Crippen LogP contribution in [0.5, 0.6) is 17.2 Å². The quantitative estimate of drug-likeness (QED) is 0.587. The van der Waals surface area contributed by atoms with Gasteiger partial charge < -0.3 is 19.1 Å². The molecule has 0 saturated carbocycles. The summed E-state index contributed by atoms with van der Waals surface area (Å²) in [4.78, 5) is 12.9. The lowest BCUT2D eigenvalue weighted by atomic mass is 9.76. The van der Waals surface area contributed by atoms with E-state index in [-0.39, 0.29) is 5.69 Å². The Morgan fingerprint density at radius 3 is 2.54 bits per heavy atom. The molecule has 0 bridgehead atoms. The topological polar surface area (TPSA) is 74.1 Å². The lowest BCUT2D eigenvalue weighted by molar-refractivity contribution is -0.385. The fraction of sp³-hybridized carbons (Fsp3) is 0.333. The average molecular weight is 382 g/mol. The number of fused-ring (bicyclic) bond motifs is 2. The number of hydrogen-bond donors (Lipinski definition) is 0. The van der Waals surface area contributed by atoms with Crippen molar-refractivity contribution in [1.82, 2.24) is 0 Å². The van der Waals surface area contributed by atoms with Crippen LogP contribution in [0.15, 0.2) is 36.4 Å². The molecule has 0 aromatic heterocycles. The largest absolute Gasteiger partial charge is 0.497 e. The van der Waals surface area contributed by atoms with Crippen molar-refractivity contribution in [2.45, 2.75) is 25.0 Å². The highest BCUT2D eigenvalue weighted by Crippen LogP contribution is 2.56. The predicted octanol–water partition coefficient (Wildman–Crippen LogP) is 4.14. The third-order valence-electron chi connectivity index (χ3n) is 5.88. The van der Waals surface area contributed by atoms with E-state index in [2.05, 4.69) is 18.7 Å². The van der Waals surface area contributed by atoms with E-state index in [9.17, 15) is 10.1 Å². The first-order valence-corrected chi connectivity index (χ1v) is 8.92. The molecule has 0 N–H and O–H groups in total. The van der Waals surface area contributed by atoms with E-state index in [0.29, 0.717) is 17.1 Å². The van der Waals surface area contributed by atoms with Crippen LogP contribution in [0.3, 0.4) is 0 Å². The molecule has 2 aliphatic heterocycles. The van der Waals surface area contributed by atoms with Gasteiger partial charge in [0, 0.05) is 24.4 Å². The Balaban J connectivity index is 1.88. The summed E-state index contributed by atoms with van der Waals surface area (Å²) in [5.74, 6) is 1.62. The first-order chi connectivity index (χ1) is 13.2. The number of hydrogen-bond acceptors (Lipinski definition) is 6. The van der Waals surface area contributed by atoms with Gasteiger partial charge in [-0.15, -0.1) is 0 Å². The molecular formula is C21H22N2O5. The summed E-state index contributed by atoms with van der Waals surface area (Å²) in [5, 5.41) is 11.2. The molecule has 0 radical (unpaired) electrons. The van der Waals surface area contributed by atoms with Crippen LogP contribution in [0.4, 0.5) is 11.4 Å². The normalized spacial score (nSPS) is 21.1. The van der Waals surface area contributed by atoms with Gasteiger partial charge >= 0.3 is 0 Å². The Labute approximate surface area is 163 Å². The van der Waals surface area contributed by atoms with Gasteiger partial charge in [0.2, 0.25) is 5.72 Å². The van der Waals surface area contributed by atoms with E-state index >= 15 is 0 Å². The van der Waals surface area contributed by atoms with Crippen LogP contribution in [-0.4, -0.2) is 31.9 Å². The van der Waals surface area contributed by atoms with Crippen molar-refractivity contribution < 1.29 is 19.1 Å². The molecule has 1 unspecified atom stereocenters. The Morgan fingerprint density at radius 2 is 1.89 bits per heavy atom. The Kier molecular flexibility index (Phi) is 3.82. The molecule has 28 heavy (non-hydrogen) atoms. The van der Waals surface area contributed by atoms with Crippen molar-refractivity contribution in [3.8, 4) is 17.2 Å². The van der Waals surface area contributed by atoms with Crippen LogP contribution < -0.4 is 19.1 Å². The monoisotopic (exact) mass is 382 g/mol. The molecule has 0 aliphatic carbocycles. The van der Waals surface area contributed by atoms with Crippen LogP contribution in [0.25, 0.3) is 6.08 Å². The zero-order valence-electron chi connectivity index (χ0n) is 16.5. The molecule has 2 aromatic rings. The number of nitro groups is 1. The summed E-state index contributed by atoms with van der Waals surface area (Å²) in [5.41, 5.74) is 1.49. The van der Waals surface area contributed by atoms with Crippen molar-refractivity contribution in [1.29, 1.82) is 0 Å². The van der Waals surface area contributed by atoms with Crippen molar-refractivity contribution in [2.24, 2.45) is 0 Å². The molecule has 146 valence electrons. The van der Waals surface area contributed by atoms with E-state index < -0.39 is 16.1 Å². The number of benzene rings is 2. The van der Waals surface area contributed by atoms with E-state index in [4.69, 9.17) is 14.2 Å². The summed E-state index contributed by atoms with van der Waals surface area (Å²) in [6.45, 7) is 4.23. The summed E-state index contributed by atoms with van der Waals surface area (Å²) in [6, 6.07) is 8.86. The zero-order chi connectivity index (χ0) is 20.3. The molecule has 0 fully saturated rings.